The third-order valence-electron chi connectivity index (χ3n) is 5.16. The SMILES string of the molecule is Cc1ccsc1CN(C)C(=O)CSc1ncnc2sc3c(c12)CC[C@H](C)C3. The molecule has 142 valence electrons. The molecule has 0 saturated heterocycles. The molecule has 0 aliphatic heterocycles. The lowest BCUT2D eigenvalue weighted by Gasteiger charge is -2.18. The molecule has 0 fully saturated rings. The molecule has 0 N–H and O–H groups in total. The molecule has 7 heteroatoms. The van der Waals surface area contributed by atoms with Gasteiger partial charge >= 0.3 is 0 Å². The molecule has 1 aliphatic rings. The van der Waals surface area contributed by atoms with Crippen LogP contribution in [0.3, 0.4) is 0 Å². The van der Waals surface area contributed by atoms with Gasteiger partial charge in [-0.3, -0.25) is 4.79 Å². The molecule has 0 radical (unpaired) electrons. The maximum absolute atomic E-state index is 12.6. The summed E-state index contributed by atoms with van der Waals surface area (Å²) in [5.41, 5.74) is 2.68. The van der Waals surface area contributed by atoms with E-state index in [1.54, 1.807) is 40.8 Å². The fourth-order valence-electron chi connectivity index (χ4n) is 3.47. The third-order valence-corrected chi connectivity index (χ3v) is 8.31. The molecule has 0 saturated carbocycles. The summed E-state index contributed by atoms with van der Waals surface area (Å²) in [7, 11) is 1.88. The van der Waals surface area contributed by atoms with Gasteiger partial charge in [0.15, 0.2) is 0 Å². The Morgan fingerprint density at radius 2 is 2.26 bits per heavy atom. The van der Waals surface area contributed by atoms with Crippen molar-refractivity contribution >= 4 is 50.6 Å². The Morgan fingerprint density at radius 3 is 3.04 bits per heavy atom. The number of thiophene rings is 2. The third kappa shape index (κ3) is 3.91. The number of carbonyl (C=O) groups is 1. The highest BCUT2D eigenvalue weighted by molar-refractivity contribution is 8.00. The van der Waals surface area contributed by atoms with Crippen LogP contribution in [0.4, 0.5) is 0 Å². The molecule has 1 amide bonds. The molecule has 3 heterocycles. The maximum atomic E-state index is 12.6. The first-order valence-corrected chi connectivity index (χ1v) is 11.9. The van der Waals surface area contributed by atoms with E-state index in [9.17, 15) is 4.79 Å². The summed E-state index contributed by atoms with van der Waals surface area (Å²) in [5.74, 6) is 1.29. The van der Waals surface area contributed by atoms with Gasteiger partial charge in [0.25, 0.3) is 0 Å². The quantitative estimate of drug-likeness (QED) is 0.436. The van der Waals surface area contributed by atoms with Gasteiger partial charge in [0.1, 0.15) is 16.2 Å². The second kappa shape index (κ2) is 7.89. The van der Waals surface area contributed by atoms with Gasteiger partial charge in [-0.05, 0) is 54.7 Å². The minimum absolute atomic E-state index is 0.136. The monoisotopic (exact) mass is 417 g/mol. The summed E-state index contributed by atoms with van der Waals surface area (Å²) in [6.07, 6.45) is 5.10. The highest BCUT2D eigenvalue weighted by Crippen LogP contribution is 2.40. The predicted octanol–water partition coefficient (Wildman–Crippen LogP) is 4.94. The normalized spacial score (nSPS) is 16.5. The molecule has 3 aromatic rings. The van der Waals surface area contributed by atoms with E-state index in [2.05, 4.69) is 35.3 Å². The van der Waals surface area contributed by atoms with E-state index in [-0.39, 0.29) is 5.91 Å². The highest BCUT2D eigenvalue weighted by atomic mass is 32.2. The average Bonchev–Trinajstić information content (AvgIpc) is 3.22. The van der Waals surface area contributed by atoms with Crippen molar-refractivity contribution in [2.24, 2.45) is 5.92 Å². The molecular weight excluding hydrogens is 394 g/mol. The first-order chi connectivity index (χ1) is 13.0. The van der Waals surface area contributed by atoms with Crippen LogP contribution in [0.1, 0.15) is 34.2 Å². The summed E-state index contributed by atoms with van der Waals surface area (Å²) < 4.78 is 0. The number of nitrogens with zero attached hydrogens (tertiary/aromatic N) is 3. The summed E-state index contributed by atoms with van der Waals surface area (Å²) in [4.78, 5) is 27.2. The zero-order chi connectivity index (χ0) is 19.0. The number of thioether (sulfide) groups is 1. The number of aromatic nitrogens is 2. The lowest BCUT2D eigenvalue weighted by atomic mass is 9.89. The van der Waals surface area contributed by atoms with Gasteiger partial charge in [-0.15, -0.1) is 22.7 Å². The van der Waals surface area contributed by atoms with Crippen molar-refractivity contribution in [3.8, 4) is 0 Å². The molecule has 27 heavy (non-hydrogen) atoms. The zero-order valence-corrected chi connectivity index (χ0v) is 18.3. The first-order valence-electron chi connectivity index (χ1n) is 9.18. The summed E-state index contributed by atoms with van der Waals surface area (Å²) in [6, 6.07) is 2.10. The molecule has 4 nitrogen and oxygen atoms in total. The molecule has 0 aromatic carbocycles. The number of aryl methyl sites for hydroxylation is 2. The molecule has 0 bridgehead atoms. The summed E-state index contributed by atoms with van der Waals surface area (Å²) in [6.45, 7) is 5.09. The summed E-state index contributed by atoms with van der Waals surface area (Å²) in [5, 5.41) is 4.23. The van der Waals surface area contributed by atoms with Gasteiger partial charge in [0.05, 0.1) is 12.3 Å². The van der Waals surface area contributed by atoms with E-state index in [1.165, 1.54) is 32.7 Å². The number of amides is 1. The largest absolute Gasteiger partial charge is 0.340 e. The van der Waals surface area contributed by atoms with Crippen molar-refractivity contribution in [3.63, 3.8) is 0 Å². The molecule has 0 unspecified atom stereocenters. The van der Waals surface area contributed by atoms with Crippen LogP contribution in [0.25, 0.3) is 10.2 Å². The number of rotatable bonds is 5. The highest BCUT2D eigenvalue weighted by Gasteiger charge is 2.23. The van der Waals surface area contributed by atoms with E-state index in [0.717, 1.165) is 28.6 Å². The van der Waals surface area contributed by atoms with Gasteiger partial charge in [-0.1, -0.05) is 18.7 Å². The van der Waals surface area contributed by atoms with Crippen LogP contribution in [-0.2, 0) is 24.2 Å². The molecule has 1 aliphatic carbocycles. The van der Waals surface area contributed by atoms with Crippen LogP contribution in [0.5, 0.6) is 0 Å². The predicted molar refractivity (Wildman–Crippen MR) is 115 cm³/mol. The minimum Gasteiger partial charge on any atom is -0.340 e. The van der Waals surface area contributed by atoms with E-state index in [1.807, 2.05) is 11.9 Å². The zero-order valence-electron chi connectivity index (χ0n) is 15.8. The molecule has 0 spiro atoms. The van der Waals surface area contributed by atoms with Crippen molar-refractivity contribution in [1.29, 1.82) is 0 Å². The van der Waals surface area contributed by atoms with Crippen LogP contribution in [0, 0.1) is 12.8 Å². The van der Waals surface area contributed by atoms with E-state index in [0.29, 0.717) is 12.3 Å². The number of hydrogen-bond acceptors (Lipinski definition) is 6. The summed E-state index contributed by atoms with van der Waals surface area (Å²) >= 11 is 5.06. The topological polar surface area (TPSA) is 46.1 Å². The number of fused-ring (bicyclic) bond motifs is 3. The Labute approximate surface area is 172 Å². The fourth-order valence-corrected chi connectivity index (χ4v) is 6.81. The van der Waals surface area contributed by atoms with Gasteiger partial charge in [-0.2, -0.15) is 0 Å². The second-order valence-electron chi connectivity index (χ2n) is 7.28. The lowest BCUT2D eigenvalue weighted by molar-refractivity contribution is -0.127. The molecule has 4 rings (SSSR count). The Balaban J connectivity index is 1.49. The van der Waals surface area contributed by atoms with Gasteiger partial charge < -0.3 is 4.90 Å². The van der Waals surface area contributed by atoms with Crippen molar-refractivity contribution < 1.29 is 4.79 Å². The Bertz CT molecular complexity index is 978. The van der Waals surface area contributed by atoms with Gasteiger partial charge in [-0.25, -0.2) is 9.97 Å². The van der Waals surface area contributed by atoms with Crippen LogP contribution in [0.15, 0.2) is 22.8 Å². The smallest absolute Gasteiger partial charge is 0.233 e. The second-order valence-corrected chi connectivity index (χ2v) is 10.3. The molecular formula is C20H23N3OS3. The fraction of sp³-hybridized carbons (Fsp3) is 0.450. The van der Waals surface area contributed by atoms with Gasteiger partial charge in [0, 0.05) is 22.2 Å². The Morgan fingerprint density at radius 1 is 1.41 bits per heavy atom. The van der Waals surface area contributed by atoms with Crippen LogP contribution < -0.4 is 0 Å². The first kappa shape index (κ1) is 18.9. The van der Waals surface area contributed by atoms with Crippen molar-refractivity contribution in [3.05, 3.63) is 38.7 Å². The average molecular weight is 418 g/mol. The van der Waals surface area contributed by atoms with Crippen LogP contribution in [0.2, 0.25) is 0 Å². The van der Waals surface area contributed by atoms with Crippen LogP contribution in [-0.4, -0.2) is 33.6 Å². The van der Waals surface area contributed by atoms with Crippen molar-refractivity contribution in [2.45, 2.75) is 44.7 Å². The van der Waals surface area contributed by atoms with E-state index in [4.69, 9.17) is 0 Å². The van der Waals surface area contributed by atoms with Crippen molar-refractivity contribution in [1.82, 2.24) is 14.9 Å². The van der Waals surface area contributed by atoms with Crippen LogP contribution >= 0.6 is 34.4 Å². The molecule has 1 atom stereocenters. The number of hydrogen-bond donors (Lipinski definition) is 0. The van der Waals surface area contributed by atoms with E-state index >= 15 is 0 Å². The Kier molecular flexibility index (Phi) is 5.53. The molecule has 3 aromatic heterocycles. The maximum Gasteiger partial charge on any atom is 0.233 e. The standard InChI is InChI=1S/C20H23N3OS3/c1-12-4-5-14-15(8-12)27-20-18(14)19(21-11-22-20)26-10-17(24)23(3)9-16-13(2)6-7-25-16/h6-7,11-12H,4-5,8-10H2,1-3H3/t12-/m0/s1. The van der Waals surface area contributed by atoms with E-state index < -0.39 is 0 Å². The Hall–Kier alpha value is -1.44. The van der Waals surface area contributed by atoms with Gasteiger partial charge in [0.2, 0.25) is 5.91 Å². The number of carbonyl (C=O) groups excluding carboxylic acids is 1. The van der Waals surface area contributed by atoms with Crippen molar-refractivity contribution in [2.75, 3.05) is 12.8 Å². The minimum atomic E-state index is 0.136. The lowest BCUT2D eigenvalue weighted by Crippen LogP contribution is -2.27.